The molecule has 0 bridgehead atoms. The van der Waals surface area contributed by atoms with Crippen molar-refractivity contribution in [3.8, 4) is 0 Å². The van der Waals surface area contributed by atoms with Gasteiger partial charge in [0.05, 0.1) is 26.2 Å². The third kappa shape index (κ3) is 21.6. The number of hydrogen-bond acceptors (Lipinski definition) is 11. The number of rotatable bonds is 6. The van der Waals surface area contributed by atoms with E-state index in [1.54, 1.807) is 16.7 Å². The van der Waals surface area contributed by atoms with Gasteiger partial charge in [0, 0.05) is 85.9 Å². The maximum atomic E-state index is 12.2. The molecule has 0 radical (unpaired) electrons. The minimum Gasteiger partial charge on any atom is -1.00 e. The first kappa shape index (κ1) is 64.4. The molecule has 3 saturated carbocycles. The number of nitrogens with zero attached hydrogens (tertiary/aromatic N) is 8. The summed E-state index contributed by atoms with van der Waals surface area (Å²) in [4.78, 5) is 56.5. The fourth-order valence-corrected chi connectivity index (χ4v) is 9.51. The summed E-state index contributed by atoms with van der Waals surface area (Å²) < 4.78 is 17.8. The van der Waals surface area contributed by atoms with Crippen LogP contribution in [0.15, 0.2) is 25.3 Å². The van der Waals surface area contributed by atoms with Crippen LogP contribution in [0.3, 0.4) is 0 Å². The Kier molecular flexibility index (Phi) is 28.8. The van der Waals surface area contributed by atoms with Crippen LogP contribution in [0.4, 0.5) is 9.59 Å². The number of ether oxygens (including phenoxy) is 2. The summed E-state index contributed by atoms with van der Waals surface area (Å²) in [7, 11) is 0. The third-order valence-corrected chi connectivity index (χ3v) is 14.2. The number of carbonyl (C=O) groups excluding carboxylic acids is 4. The Morgan fingerprint density at radius 3 is 1.49 bits per heavy atom. The first-order valence-corrected chi connectivity index (χ1v) is 25.6. The second-order valence-corrected chi connectivity index (χ2v) is 22.1. The molecule has 22 heteroatoms. The van der Waals surface area contributed by atoms with Gasteiger partial charge in [-0.3, -0.25) is 23.9 Å². The van der Waals surface area contributed by atoms with Crippen LogP contribution in [0, 0.1) is 17.8 Å². The summed E-state index contributed by atoms with van der Waals surface area (Å²) >= 11 is 13.9. The van der Waals surface area contributed by atoms with Gasteiger partial charge >= 0.3 is 150 Å². The van der Waals surface area contributed by atoms with Gasteiger partial charge in [-0.2, -0.15) is 10.2 Å². The molecule has 2 aromatic heterocycles. The molecule has 0 N–H and O–H groups in total. The van der Waals surface area contributed by atoms with Crippen molar-refractivity contribution in [2.45, 2.75) is 151 Å². The van der Waals surface area contributed by atoms with Crippen molar-refractivity contribution in [2.24, 2.45) is 22.7 Å². The smallest absolute Gasteiger partial charge is 1.00 e. The fourth-order valence-electron chi connectivity index (χ4n) is 7.24. The van der Waals surface area contributed by atoms with Crippen molar-refractivity contribution in [2.75, 3.05) is 38.1 Å². The molecular weight excluding hydrogens is 1370 g/mol. The van der Waals surface area contributed by atoms with Gasteiger partial charge in [0.2, 0.25) is 5.91 Å². The van der Waals surface area contributed by atoms with Gasteiger partial charge in [0.25, 0.3) is 6.47 Å². The number of carbonyl (C=O) groups is 4. The molecule has 0 atom stereocenters. The number of aromatic nitrogens is 4. The van der Waals surface area contributed by atoms with Crippen LogP contribution in [-0.4, -0.2) is 113 Å². The zero-order chi connectivity index (χ0) is 46.9. The Hall–Kier alpha value is 1.29. The molecule has 2 aromatic rings. The van der Waals surface area contributed by atoms with Crippen LogP contribution in [0.5, 0.6) is 0 Å². The first-order chi connectivity index (χ1) is 30.2. The standard InChI is InChI=1S/C15H22BrN3O2.C12H16BrN3O.C12H17BrN2O2.C4H7Br.CH2O3.CH4.2Cs.H/c1-15(2,3)21-14(20)18-7-6-12-11(9-18)13(16)17-19(12)8-10-4-5-10;1-8(17)15-5-4-11-10(7-15)12(13)14-16(11)6-9-2-3-9;1-12(2,3)17-11(16)15-5-4-8-6-14-10(13)9(8)7-15;5-3-4-1-2-4;2-1-4-3;;;;/h10H,4-9H2,1-3H3;9H,2-7H2,1H3;4-7H2,1-3H3;4H,1-3H2;1,3H;1H4;;;/q;;;;;;2*+1;-1/p-1. The van der Waals surface area contributed by atoms with Crippen LogP contribution >= 0.6 is 63.7 Å². The molecule has 9 rings (SSSR count). The monoisotopic (exact) mass is 1430 g/mol. The number of amides is 3. The third-order valence-electron chi connectivity index (χ3n) is 11.2. The van der Waals surface area contributed by atoms with Crippen molar-refractivity contribution in [3.05, 3.63) is 42.9 Å². The molecule has 0 unspecified atom stereocenters. The number of hydrogen-bond donors (Lipinski definition) is 0. The fraction of sp³-hybridized carbons (Fsp3) is 0.711. The molecule has 6 heterocycles. The molecule has 0 aromatic carbocycles. The van der Waals surface area contributed by atoms with Gasteiger partial charge in [-0.1, -0.05) is 23.4 Å². The molecule has 3 amide bonds. The van der Waals surface area contributed by atoms with Gasteiger partial charge in [-0.25, -0.2) is 9.59 Å². The topological polar surface area (TPSA) is 177 Å². The van der Waals surface area contributed by atoms with E-state index >= 15 is 0 Å². The van der Waals surface area contributed by atoms with E-state index in [1.807, 2.05) is 46.4 Å². The molecule has 0 saturated heterocycles. The maximum Gasteiger partial charge on any atom is 1.00 e. The number of halogens is 4. The summed E-state index contributed by atoms with van der Waals surface area (Å²) in [5, 5.41) is 18.8. The van der Waals surface area contributed by atoms with Crippen LogP contribution in [0.1, 0.15) is 125 Å². The average Bonchev–Trinajstić information content (AvgIpc) is 4.17. The Bertz CT molecular complexity index is 2050. The second-order valence-electron chi connectivity index (χ2n) is 19.2. The van der Waals surface area contributed by atoms with E-state index < -0.39 is 11.2 Å². The second kappa shape index (κ2) is 30.0. The van der Waals surface area contributed by atoms with E-state index in [1.165, 1.54) is 66.4 Å². The summed E-state index contributed by atoms with van der Waals surface area (Å²) in [6.45, 7) is 19.8. The minimum atomic E-state index is -0.454. The summed E-state index contributed by atoms with van der Waals surface area (Å²) in [5.74, 6) is 2.83. The van der Waals surface area contributed by atoms with E-state index in [0.717, 1.165) is 94.7 Å². The van der Waals surface area contributed by atoms with Crippen molar-refractivity contribution >= 4 is 92.9 Å². The average molecular weight is 1430 g/mol. The number of fused-ring (bicyclic) bond motifs is 2. The zero-order valence-electron chi connectivity index (χ0n) is 41.1. The Balaban J connectivity index is 0.000000456. The Morgan fingerprint density at radius 2 is 1.12 bits per heavy atom. The van der Waals surface area contributed by atoms with Crippen molar-refractivity contribution in [3.63, 3.8) is 0 Å². The minimum absolute atomic E-state index is 0. The van der Waals surface area contributed by atoms with E-state index in [9.17, 15) is 14.4 Å². The SMILES string of the molecule is BrCC1CC1.C.CC(=O)N1CCc2c(c(Br)nn2CC2CC2)C1.CC(C)(C)OC(=O)N1CCC2=C(C1)C(Br)=NC2.CC(C)(C)OC(=O)N1CCc2c(c(Br)nn2CC2CC2)C1.O=CO[O-].[Cs+].[Cs+].[H-]. The summed E-state index contributed by atoms with van der Waals surface area (Å²) in [5.41, 5.74) is 6.53. The van der Waals surface area contributed by atoms with Gasteiger partial charge < -0.3 is 35.7 Å². The molecule has 4 aliphatic heterocycles. The van der Waals surface area contributed by atoms with E-state index in [-0.39, 0.29) is 171 Å². The number of aliphatic imine (C=N–C) groups is 1. The molecular formula is C45H68Br4Cs2N8O8. The van der Waals surface area contributed by atoms with Gasteiger partial charge in [-0.05, 0) is 158 Å². The van der Waals surface area contributed by atoms with E-state index in [4.69, 9.17) is 19.5 Å². The summed E-state index contributed by atoms with van der Waals surface area (Å²) in [6.07, 6.45) is 10.4. The molecule has 3 fully saturated rings. The normalized spacial score (nSPS) is 17.9. The van der Waals surface area contributed by atoms with E-state index in [0.29, 0.717) is 26.2 Å². The quantitative estimate of drug-likeness (QED) is 0.181. The van der Waals surface area contributed by atoms with Crippen molar-refractivity contribution in [1.82, 2.24) is 34.3 Å². The maximum absolute atomic E-state index is 12.2. The zero-order valence-corrected chi connectivity index (χ0v) is 59.0. The van der Waals surface area contributed by atoms with Gasteiger partial charge in [0.1, 0.15) is 25.0 Å². The van der Waals surface area contributed by atoms with Crippen molar-refractivity contribution in [1.29, 1.82) is 0 Å². The number of alkyl halides is 1. The van der Waals surface area contributed by atoms with Gasteiger partial charge in [-0.15, -0.1) is 0 Å². The Labute approximate surface area is 550 Å². The van der Waals surface area contributed by atoms with E-state index in [2.05, 4.69) is 93.2 Å². The molecule has 67 heavy (non-hydrogen) atoms. The first-order valence-electron chi connectivity index (χ1n) is 22.1. The van der Waals surface area contributed by atoms with Crippen LogP contribution in [0.25, 0.3) is 0 Å². The molecule has 0 spiro atoms. The molecule has 16 nitrogen and oxygen atoms in total. The van der Waals surface area contributed by atoms with Crippen LogP contribution in [-0.2, 0) is 63.0 Å². The predicted octanol–water partition coefficient (Wildman–Crippen LogP) is 3.02. The van der Waals surface area contributed by atoms with Gasteiger partial charge in [0.15, 0.2) is 0 Å². The molecule has 3 aliphatic carbocycles. The van der Waals surface area contributed by atoms with Crippen molar-refractivity contribution < 1.29 is 178 Å². The molecule has 366 valence electrons. The van der Waals surface area contributed by atoms with Crippen LogP contribution < -0.4 is 143 Å². The predicted molar refractivity (Wildman–Crippen MR) is 263 cm³/mol. The largest absolute Gasteiger partial charge is 1.00 e. The Morgan fingerprint density at radius 1 is 0.716 bits per heavy atom. The van der Waals surface area contributed by atoms with Crippen LogP contribution in [0.2, 0.25) is 0 Å². The molecule has 7 aliphatic rings. The summed E-state index contributed by atoms with van der Waals surface area (Å²) in [6, 6.07) is 0.